The molecule has 1 aliphatic carbocycles. The van der Waals surface area contributed by atoms with E-state index >= 15 is 0 Å². The van der Waals surface area contributed by atoms with E-state index in [1.165, 1.54) is 7.11 Å². The van der Waals surface area contributed by atoms with Crippen LogP contribution in [0.25, 0.3) is 11.0 Å². The van der Waals surface area contributed by atoms with Crippen LogP contribution < -0.4 is 9.47 Å². The Hall–Kier alpha value is -2.36. The summed E-state index contributed by atoms with van der Waals surface area (Å²) in [5.74, 6) is 1.43. The van der Waals surface area contributed by atoms with Crippen molar-refractivity contribution >= 4 is 16.9 Å². The molecule has 5 rings (SSSR count). The van der Waals surface area contributed by atoms with Gasteiger partial charge in [0.25, 0.3) is 5.88 Å². The van der Waals surface area contributed by atoms with Crippen LogP contribution in [0.15, 0.2) is 22.7 Å². The number of carbonyl (C=O) groups is 1. The Morgan fingerprint density at radius 1 is 1.17 bits per heavy atom. The maximum atomic E-state index is 12.6. The van der Waals surface area contributed by atoms with Gasteiger partial charge >= 0.3 is 5.97 Å². The smallest absolute Gasteiger partial charge is 0.313 e. The number of aliphatic hydroxyl groups excluding tert-OH is 1. The van der Waals surface area contributed by atoms with Crippen LogP contribution in [-0.4, -0.2) is 80.9 Å². The molecule has 0 bridgehead atoms. The van der Waals surface area contributed by atoms with Gasteiger partial charge in [0.1, 0.15) is 11.1 Å². The summed E-state index contributed by atoms with van der Waals surface area (Å²) in [4.78, 5) is 15.0. The molecule has 198 valence electrons. The molecule has 1 saturated carbocycles. The molecule has 3 fully saturated rings. The predicted octanol–water partition coefficient (Wildman–Crippen LogP) is 3.43. The van der Waals surface area contributed by atoms with E-state index in [0.717, 1.165) is 57.1 Å². The summed E-state index contributed by atoms with van der Waals surface area (Å²) in [5.41, 5.74) is 0.0415. The number of hydrogen-bond acceptors (Lipinski definition) is 9. The second kappa shape index (κ2) is 10.9. The Morgan fingerprint density at radius 2 is 1.94 bits per heavy atom. The molecule has 1 aromatic carbocycles. The van der Waals surface area contributed by atoms with Crippen LogP contribution in [0.1, 0.15) is 44.9 Å². The Kier molecular flexibility index (Phi) is 7.69. The van der Waals surface area contributed by atoms with Crippen molar-refractivity contribution in [3.8, 4) is 11.6 Å². The van der Waals surface area contributed by atoms with Crippen LogP contribution in [0, 0.1) is 16.7 Å². The number of likely N-dealkylation sites (tertiary alicyclic amines) is 1. The SMILES string of the molecule is COC(=O)C1(CN2CCC(COc3noc4cccc(OCC5(CO)CCC5)c34)CC2)CCOCC1. The summed E-state index contributed by atoms with van der Waals surface area (Å²) >= 11 is 0. The van der Waals surface area contributed by atoms with Gasteiger partial charge in [-0.1, -0.05) is 12.5 Å². The highest BCUT2D eigenvalue weighted by Gasteiger charge is 2.43. The predicted molar refractivity (Wildman–Crippen MR) is 132 cm³/mol. The molecule has 0 spiro atoms. The van der Waals surface area contributed by atoms with Gasteiger partial charge in [0.2, 0.25) is 0 Å². The third kappa shape index (κ3) is 5.19. The van der Waals surface area contributed by atoms with Gasteiger partial charge < -0.3 is 33.5 Å². The number of ether oxygens (including phenoxy) is 4. The lowest BCUT2D eigenvalue weighted by atomic mass is 9.70. The fraction of sp³-hybridized carbons (Fsp3) is 0.704. The molecule has 1 N–H and O–H groups in total. The minimum absolute atomic E-state index is 0.116. The van der Waals surface area contributed by atoms with Crippen molar-refractivity contribution in [1.82, 2.24) is 10.1 Å². The molecule has 0 unspecified atom stereocenters. The lowest BCUT2D eigenvalue weighted by molar-refractivity contribution is -0.160. The van der Waals surface area contributed by atoms with E-state index in [0.29, 0.717) is 62.4 Å². The molecule has 9 nitrogen and oxygen atoms in total. The van der Waals surface area contributed by atoms with Gasteiger partial charge in [-0.05, 0) is 74.8 Å². The van der Waals surface area contributed by atoms with Crippen LogP contribution in [0.2, 0.25) is 0 Å². The monoisotopic (exact) mass is 502 g/mol. The third-order valence-corrected chi connectivity index (χ3v) is 8.47. The van der Waals surface area contributed by atoms with E-state index in [1.807, 2.05) is 18.2 Å². The van der Waals surface area contributed by atoms with E-state index in [4.69, 9.17) is 23.5 Å². The second-order valence-electron chi connectivity index (χ2n) is 10.8. The van der Waals surface area contributed by atoms with E-state index in [1.54, 1.807) is 0 Å². The largest absolute Gasteiger partial charge is 0.492 e. The average Bonchev–Trinajstić information content (AvgIpc) is 3.32. The first kappa shape index (κ1) is 25.3. The van der Waals surface area contributed by atoms with E-state index in [2.05, 4.69) is 10.1 Å². The Balaban J connectivity index is 1.16. The van der Waals surface area contributed by atoms with Crippen LogP contribution in [0.5, 0.6) is 11.6 Å². The highest BCUT2D eigenvalue weighted by Crippen LogP contribution is 2.42. The maximum absolute atomic E-state index is 12.6. The molecule has 0 amide bonds. The minimum atomic E-state index is -0.458. The van der Waals surface area contributed by atoms with Crippen molar-refractivity contribution in [3.05, 3.63) is 18.2 Å². The van der Waals surface area contributed by atoms with Gasteiger partial charge in [0.05, 0.1) is 32.3 Å². The molecule has 2 aromatic rings. The van der Waals surface area contributed by atoms with Gasteiger partial charge in [-0.15, -0.1) is 0 Å². The lowest BCUT2D eigenvalue weighted by Gasteiger charge is -2.41. The number of methoxy groups -OCH3 is 1. The first-order valence-corrected chi connectivity index (χ1v) is 13.2. The van der Waals surface area contributed by atoms with Crippen molar-refractivity contribution in [2.45, 2.75) is 44.9 Å². The molecule has 0 atom stereocenters. The number of aliphatic hydroxyl groups is 1. The average molecular weight is 503 g/mol. The van der Waals surface area contributed by atoms with Crippen LogP contribution >= 0.6 is 0 Å². The van der Waals surface area contributed by atoms with Gasteiger partial charge in [0.15, 0.2) is 5.58 Å². The highest BCUT2D eigenvalue weighted by molar-refractivity contribution is 5.88. The number of piperidine rings is 1. The number of aromatic nitrogens is 1. The topological polar surface area (TPSA) is 103 Å². The molecule has 3 heterocycles. The zero-order valence-electron chi connectivity index (χ0n) is 21.2. The quantitative estimate of drug-likeness (QED) is 0.489. The third-order valence-electron chi connectivity index (χ3n) is 8.47. The number of esters is 1. The summed E-state index contributed by atoms with van der Waals surface area (Å²) in [5, 5.41) is 14.7. The number of rotatable bonds is 10. The zero-order valence-corrected chi connectivity index (χ0v) is 21.2. The van der Waals surface area contributed by atoms with Gasteiger partial charge in [0, 0.05) is 25.2 Å². The number of nitrogens with zero attached hydrogens (tertiary/aromatic N) is 2. The normalized spacial score (nSPS) is 22.2. The van der Waals surface area contributed by atoms with E-state index < -0.39 is 5.41 Å². The number of hydrogen-bond donors (Lipinski definition) is 1. The Morgan fingerprint density at radius 3 is 2.61 bits per heavy atom. The summed E-state index contributed by atoms with van der Waals surface area (Å²) in [6.45, 7) is 4.96. The number of fused-ring (bicyclic) bond motifs is 1. The Labute approximate surface area is 212 Å². The highest BCUT2D eigenvalue weighted by atomic mass is 16.5. The molecule has 2 aliphatic heterocycles. The molecule has 1 aromatic heterocycles. The molecular formula is C27H38N2O7. The van der Waals surface area contributed by atoms with Crippen LogP contribution in [-0.2, 0) is 14.3 Å². The van der Waals surface area contributed by atoms with Crippen molar-refractivity contribution in [1.29, 1.82) is 0 Å². The van der Waals surface area contributed by atoms with Gasteiger partial charge in [-0.2, -0.15) is 0 Å². The van der Waals surface area contributed by atoms with Gasteiger partial charge in [-0.25, -0.2) is 0 Å². The van der Waals surface area contributed by atoms with Crippen LogP contribution in [0.4, 0.5) is 0 Å². The minimum Gasteiger partial charge on any atom is -0.492 e. The molecule has 36 heavy (non-hydrogen) atoms. The first-order valence-electron chi connectivity index (χ1n) is 13.2. The van der Waals surface area contributed by atoms with Crippen molar-refractivity contribution in [3.63, 3.8) is 0 Å². The molecule has 9 heteroatoms. The van der Waals surface area contributed by atoms with Gasteiger partial charge in [-0.3, -0.25) is 4.79 Å². The fourth-order valence-electron chi connectivity index (χ4n) is 5.75. The molecule has 0 radical (unpaired) electrons. The van der Waals surface area contributed by atoms with Crippen LogP contribution in [0.3, 0.4) is 0 Å². The first-order chi connectivity index (χ1) is 17.6. The number of benzene rings is 1. The van der Waals surface area contributed by atoms with E-state index in [9.17, 15) is 9.90 Å². The van der Waals surface area contributed by atoms with Crippen molar-refractivity contribution in [2.75, 3.05) is 59.8 Å². The van der Waals surface area contributed by atoms with Crippen molar-refractivity contribution < 1.29 is 33.4 Å². The summed E-state index contributed by atoms with van der Waals surface area (Å²) in [6.07, 6.45) is 6.52. The van der Waals surface area contributed by atoms with E-state index in [-0.39, 0.29) is 18.0 Å². The molecular weight excluding hydrogens is 464 g/mol. The summed E-state index contributed by atoms with van der Waals surface area (Å²) in [6, 6.07) is 5.65. The zero-order chi connectivity index (χ0) is 25.0. The fourth-order valence-corrected chi connectivity index (χ4v) is 5.75. The second-order valence-corrected chi connectivity index (χ2v) is 10.8. The summed E-state index contributed by atoms with van der Waals surface area (Å²) < 4.78 is 28.5. The van der Waals surface area contributed by atoms with Crippen molar-refractivity contribution in [2.24, 2.45) is 16.7 Å². The maximum Gasteiger partial charge on any atom is 0.313 e. The number of carbonyl (C=O) groups excluding carboxylic acids is 1. The molecule has 2 saturated heterocycles. The lowest BCUT2D eigenvalue weighted by Crippen LogP contribution is -2.49. The Bertz CT molecular complexity index is 1010. The standard InChI is InChI=1S/C27H38N2O7/c1-32-25(31)27(10-14-33-15-11-27)17-29-12-6-20(7-13-29)16-34-24-23-21(4-2-5-22(23)36-28-24)35-19-26(18-30)8-3-9-26/h2,4-5,20,30H,3,6-19H2,1H3. The molecule has 3 aliphatic rings. The summed E-state index contributed by atoms with van der Waals surface area (Å²) in [7, 11) is 1.48.